The first kappa shape index (κ1) is 12.4. The highest BCUT2D eigenvalue weighted by Gasteiger charge is 2.73. The van der Waals surface area contributed by atoms with E-state index in [1.54, 1.807) is 0 Å². The van der Waals surface area contributed by atoms with Crippen LogP contribution in [0, 0.1) is 0 Å². The Hall–Kier alpha value is -0.680. The predicted octanol–water partition coefficient (Wildman–Crippen LogP) is 2.21. The van der Waals surface area contributed by atoms with Crippen LogP contribution in [-0.2, 0) is 9.68 Å². The zero-order valence-corrected chi connectivity index (χ0v) is 6.36. The normalized spacial score (nSPS) is 34.8. The lowest BCUT2D eigenvalue weighted by atomic mass is 10.3. The fourth-order valence-corrected chi connectivity index (χ4v) is 0.627. The van der Waals surface area contributed by atoms with Gasteiger partial charge in [0.25, 0.3) is 6.36 Å². The summed E-state index contributed by atoms with van der Waals surface area (Å²) in [6, 6.07) is 0. The van der Waals surface area contributed by atoms with E-state index in [4.69, 9.17) is 0 Å². The Morgan fingerprint density at radius 3 is 1.73 bits per heavy atom. The van der Waals surface area contributed by atoms with Crippen LogP contribution < -0.4 is 0 Å². The molecule has 90 valence electrons. The quantitative estimate of drug-likeness (QED) is 0.484. The van der Waals surface area contributed by atoms with Crippen molar-refractivity contribution in [1.29, 1.82) is 0 Å². The molecule has 1 saturated heterocycles. The summed E-state index contributed by atoms with van der Waals surface area (Å²) in [5.41, 5.74) is 0. The molecular formula is C4HF8NO2. The van der Waals surface area contributed by atoms with Gasteiger partial charge < -0.3 is 0 Å². The first-order valence-electron chi connectivity index (χ1n) is 3.11. The molecule has 1 aliphatic heterocycles. The molecule has 0 bridgehead atoms. The molecule has 11 heteroatoms. The van der Waals surface area contributed by atoms with E-state index in [1.165, 1.54) is 0 Å². The van der Waals surface area contributed by atoms with Crippen LogP contribution in [0.5, 0.6) is 0 Å². The van der Waals surface area contributed by atoms with E-state index in [1.807, 2.05) is 0 Å². The molecule has 0 amide bonds. The molecular weight excluding hydrogens is 246 g/mol. The van der Waals surface area contributed by atoms with E-state index in [2.05, 4.69) is 9.68 Å². The van der Waals surface area contributed by atoms with Gasteiger partial charge in [-0.05, 0) is 0 Å². The van der Waals surface area contributed by atoms with E-state index in [-0.39, 0.29) is 0 Å². The summed E-state index contributed by atoms with van der Waals surface area (Å²) < 4.78 is 95.0. The van der Waals surface area contributed by atoms with E-state index < -0.39 is 29.9 Å². The van der Waals surface area contributed by atoms with Crippen LogP contribution in [-0.4, -0.2) is 29.9 Å². The van der Waals surface area contributed by atoms with Crippen LogP contribution in [0.2, 0.25) is 0 Å². The number of halogens is 8. The maximum Gasteiger partial charge on any atom is 0.507 e. The molecule has 1 heterocycles. The molecule has 15 heavy (non-hydrogen) atoms. The minimum absolute atomic E-state index is 1.83. The molecule has 0 aliphatic carbocycles. The zero-order chi connectivity index (χ0) is 12.1. The molecule has 1 aliphatic rings. The SMILES string of the molecule is FC1ON(C(F)(F)F)OC1(F)C(F)(F)F. The highest BCUT2D eigenvalue weighted by atomic mass is 19.4. The zero-order valence-electron chi connectivity index (χ0n) is 6.36. The van der Waals surface area contributed by atoms with Gasteiger partial charge in [0.1, 0.15) is 0 Å². The molecule has 0 N–H and O–H groups in total. The maximum absolute atomic E-state index is 12.6. The van der Waals surface area contributed by atoms with E-state index in [9.17, 15) is 35.1 Å². The lowest BCUT2D eigenvalue weighted by Crippen LogP contribution is -2.48. The van der Waals surface area contributed by atoms with Crippen LogP contribution in [0.25, 0.3) is 0 Å². The average Bonchev–Trinajstić information content (AvgIpc) is 2.27. The molecule has 1 rings (SSSR count). The highest BCUT2D eigenvalue weighted by molar-refractivity contribution is 4.82. The Kier molecular flexibility index (Phi) is 2.60. The molecule has 0 aromatic rings. The number of hydrogen-bond donors (Lipinski definition) is 0. The monoisotopic (exact) mass is 247 g/mol. The number of hydroxylamine groups is 2. The van der Waals surface area contributed by atoms with Crippen molar-refractivity contribution in [3.05, 3.63) is 0 Å². The summed E-state index contributed by atoms with van der Waals surface area (Å²) in [4.78, 5) is 5.60. The van der Waals surface area contributed by atoms with Crippen molar-refractivity contribution >= 4 is 0 Å². The Morgan fingerprint density at radius 2 is 1.53 bits per heavy atom. The topological polar surface area (TPSA) is 21.7 Å². The van der Waals surface area contributed by atoms with Crippen LogP contribution >= 0.6 is 0 Å². The third-order valence-electron chi connectivity index (χ3n) is 1.29. The van der Waals surface area contributed by atoms with E-state index in [0.29, 0.717) is 0 Å². The van der Waals surface area contributed by atoms with Gasteiger partial charge in [0.05, 0.1) is 0 Å². The Bertz CT molecular complexity index is 250. The van der Waals surface area contributed by atoms with Gasteiger partial charge in [-0.1, -0.05) is 0 Å². The average molecular weight is 247 g/mol. The van der Waals surface area contributed by atoms with E-state index in [0.717, 1.165) is 0 Å². The summed E-state index contributed by atoms with van der Waals surface area (Å²) in [6.07, 6.45) is -15.5. The van der Waals surface area contributed by atoms with Gasteiger partial charge in [-0.3, -0.25) is 0 Å². The summed E-state index contributed by atoms with van der Waals surface area (Å²) in [7, 11) is 0. The van der Waals surface area contributed by atoms with Gasteiger partial charge in [-0.15, -0.1) is 0 Å². The first-order valence-corrected chi connectivity index (χ1v) is 3.11. The molecule has 0 saturated carbocycles. The van der Waals surface area contributed by atoms with Crippen LogP contribution in [0.4, 0.5) is 35.1 Å². The van der Waals surface area contributed by atoms with Gasteiger partial charge in [-0.25, -0.2) is 14.1 Å². The molecule has 0 aromatic heterocycles. The molecule has 2 atom stereocenters. The maximum atomic E-state index is 12.6. The smallest absolute Gasteiger partial charge is 0.222 e. The molecule has 3 nitrogen and oxygen atoms in total. The number of hydrogen-bond acceptors (Lipinski definition) is 3. The van der Waals surface area contributed by atoms with Crippen molar-refractivity contribution in [2.24, 2.45) is 0 Å². The summed E-state index contributed by atoms with van der Waals surface area (Å²) >= 11 is 0. The third kappa shape index (κ3) is 1.99. The minimum atomic E-state index is -5.99. The van der Waals surface area contributed by atoms with Crippen LogP contribution in [0.1, 0.15) is 0 Å². The molecule has 2 unspecified atom stereocenters. The second-order valence-electron chi connectivity index (χ2n) is 2.38. The largest absolute Gasteiger partial charge is 0.507 e. The Labute approximate surface area is 76.0 Å². The third-order valence-corrected chi connectivity index (χ3v) is 1.29. The highest BCUT2D eigenvalue weighted by Crippen LogP contribution is 2.46. The van der Waals surface area contributed by atoms with Crippen molar-refractivity contribution < 1.29 is 44.8 Å². The summed E-state index contributed by atoms with van der Waals surface area (Å²) in [6.45, 7) is 0. The number of alkyl halides is 8. The minimum Gasteiger partial charge on any atom is -0.222 e. The standard InChI is InChI=1S/C4HF8NO2/c5-1-2(6,3(7,8)9)15-13(14-1)4(10,11)12/h1H. The molecule has 0 radical (unpaired) electrons. The fraction of sp³-hybridized carbons (Fsp3) is 1.00. The van der Waals surface area contributed by atoms with Gasteiger partial charge in [0.15, 0.2) is 0 Å². The van der Waals surface area contributed by atoms with E-state index >= 15 is 0 Å². The number of rotatable bonds is 0. The first-order chi connectivity index (χ1) is 6.48. The second-order valence-corrected chi connectivity index (χ2v) is 2.38. The summed E-state index contributed by atoms with van der Waals surface area (Å²) in [5.74, 6) is -5.16. The van der Waals surface area contributed by atoms with Gasteiger partial charge >= 0.3 is 18.3 Å². The Balaban J connectivity index is 2.90. The van der Waals surface area contributed by atoms with Gasteiger partial charge in [0.2, 0.25) is 0 Å². The second kappa shape index (κ2) is 3.15. The lowest BCUT2D eigenvalue weighted by Gasteiger charge is -2.21. The van der Waals surface area contributed by atoms with Gasteiger partial charge in [-0.2, -0.15) is 30.7 Å². The number of nitrogens with zero attached hydrogens (tertiary/aromatic N) is 1. The fourth-order valence-electron chi connectivity index (χ4n) is 0.627. The van der Waals surface area contributed by atoms with Crippen LogP contribution in [0.15, 0.2) is 0 Å². The van der Waals surface area contributed by atoms with Crippen molar-refractivity contribution in [2.45, 2.75) is 24.7 Å². The summed E-state index contributed by atoms with van der Waals surface area (Å²) in [5, 5.41) is -1.83. The van der Waals surface area contributed by atoms with Gasteiger partial charge in [0, 0.05) is 5.23 Å². The Morgan fingerprint density at radius 1 is 1.07 bits per heavy atom. The predicted molar refractivity (Wildman–Crippen MR) is 24.9 cm³/mol. The van der Waals surface area contributed by atoms with Crippen molar-refractivity contribution in [3.8, 4) is 0 Å². The molecule has 1 fully saturated rings. The molecule has 0 aromatic carbocycles. The van der Waals surface area contributed by atoms with Crippen molar-refractivity contribution in [3.63, 3.8) is 0 Å². The van der Waals surface area contributed by atoms with Crippen LogP contribution in [0.3, 0.4) is 0 Å². The molecule has 0 spiro atoms. The van der Waals surface area contributed by atoms with Crippen molar-refractivity contribution in [1.82, 2.24) is 5.23 Å². The lowest BCUT2D eigenvalue weighted by molar-refractivity contribution is -0.496. The van der Waals surface area contributed by atoms with Crippen molar-refractivity contribution in [2.75, 3.05) is 0 Å².